The molecule has 1 fully saturated rings. The van der Waals surface area contributed by atoms with Crippen molar-refractivity contribution in [1.82, 2.24) is 25.3 Å². The van der Waals surface area contributed by atoms with Crippen LogP contribution in [0.3, 0.4) is 0 Å². The fraction of sp³-hybridized carbons (Fsp3) is 0.714. The van der Waals surface area contributed by atoms with Crippen LogP contribution >= 0.6 is 24.0 Å². The van der Waals surface area contributed by atoms with Crippen LogP contribution in [0.5, 0.6) is 0 Å². The lowest BCUT2D eigenvalue weighted by molar-refractivity contribution is -0.0161. The van der Waals surface area contributed by atoms with Crippen LogP contribution < -0.4 is 10.6 Å². The monoisotopic (exact) mass is 422 g/mol. The summed E-state index contributed by atoms with van der Waals surface area (Å²) in [6.07, 6.45) is 5.01. The zero-order chi connectivity index (χ0) is 14.9. The molecule has 22 heavy (non-hydrogen) atoms. The molecule has 126 valence electrons. The van der Waals surface area contributed by atoms with Gasteiger partial charge in [0, 0.05) is 52.2 Å². The van der Waals surface area contributed by atoms with Gasteiger partial charge in [-0.05, 0) is 19.5 Å². The normalized spacial score (nSPS) is 19.5. The summed E-state index contributed by atoms with van der Waals surface area (Å²) in [4.78, 5) is 6.52. The van der Waals surface area contributed by atoms with Crippen molar-refractivity contribution in [2.45, 2.75) is 19.1 Å². The van der Waals surface area contributed by atoms with E-state index >= 15 is 0 Å². The maximum atomic E-state index is 5.72. The molecule has 0 amide bonds. The molecule has 2 N–H and O–H groups in total. The molecule has 7 nitrogen and oxygen atoms in total. The van der Waals surface area contributed by atoms with E-state index in [1.807, 2.05) is 16.9 Å². The Labute approximate surface area is 149 Å². The van der Waals surface area contributed by atoms with Crippen LogP contribution in [0.25, 0.3) is 0 Å². The Balaban J connectivity index is 0.00000242. The van der Waals surface area contributed by atoms with E-state index in [0.29, 0.717) is 0 Å². The molecule has 0 aliphatic carbocycles. The minimum Gasteiger partial charge on any atom is -0.374 e. The predicted octanol–water partition coefficient (Wildman–Crippen LogP) is 0.387. The number of guanidine groups is 1. The van der Waals surface area contributed by atoms with Gasteiger partial charge in [-0.25, -0.2) is 0 Å². The Morgan fingerprint density at radius 1 is 1.45 bits per heavy atom. The van der Waals surface area contributed by atoms with Gasteiger partial charge in [-0.15, -0.1) is 24.0 Å². The molecule has 0 bridgehead atoms. The van der Waals surface area contributed by atoms with Gasteiger partial charge in [0.25, 0.3) is 0 Å². The first-order chi connectivity index (χ1) is 10.3. The first-order valence-corrected chi connectivity index (χ1v) is 7.50. The molecule has 0 spiro atoms. The first kappa shape index (κ1) is 19.2. The van der Waals surface area contributed by atoms with E-state index in [0.717, 1.165) is 51.7 Å². The largest absolute Gasteiger partial charge is 0.374 e. The highest BCUT2D eigenvalue weighted by Crippen LogP contribution is 2.01. The minimum absolute atomic E-state index is 0. The molecule has 2 rings (SSSR count). The summed E-state index contributed by atoms with van der Waals surface area (Å²) >= 11 is 0. The number of nitrogens with one attached hydrogen (secondary N) is 2. The summed E-state index contributed by atoms with van der Waals surface area (Å²) in [5.74, 6) is 0.826. The Morgan fingerprint density at radius 3 is 3.00 bits per heavy atom. The number of morpholine rings is 1. The number of aromatic nitrogens is 2. The van der Waals surface area contributed by atoms with Crippen molar-refractivity contribution in [3.63, 3.8) is 0 Å². The fourth-order valence-electron chi connectivity index (χ4n) is 2.30. The first-order valence-electron chi connectivity index (χ1n) is 7.50. The number of nitrogens with zero attached hydrogens (tertiary/aromatic N) is 4. The Hall–Kier alpha value is -0.870. The smallest absolute Gasteiger partial charge is 0.191 e. The number of hydrogen-bond acceptors (Lipinski definition) is 4. The van der Waals surface area contributed by atoms with Gasteiger partial charge < -0.3 is 20.3 Å². The van der Waals surface area contributed by atoms with Gasteiger partial charge in [-0.2, -0.15) is 5.10 Å². The van der Waals surface area contributed by atoms with E-state index < -0.39 is 0 Å². The minimum atomic E-state index is 0. The van der Waals surface area contributed by atoms with Crippen LogP contribution in [0, 0.1) is 0 Å². The second-order valence-electron chi connectivity index (χ2n) is 5.26. The Bertz CT molecular complexity index is 425. The number of hydrogen-bond donors (Lipinski definition) is 2. The maximum absolute atomic E-state index is 5.72. The predicted molar refractivity (Wildman–Crippen MR) is 98.9 cm³/mol. The summed E-state index contributed by atoms with van der Waals surface area (Å²) in [6, 6.07) is 1.94. The molecular formula is C14H27IN6O. The third-order valence-electron chi connectivity index (χ3n) is 3.48. The lowest BCUT2D eigenvalue weighted by Gasteiger charge is -2.30. The van der Waals surface area contributed by atoms with Crippen molar-refractivity contribution in [3.8, 4) is 0 Å². The highest BCUT2D eigenvalue weighted by atomic mass is 127. The second kappa shape index (κ2) is 10.8. The Morgan fingerprint density at radius 2 is 2.32 bits per heavy atom. The number of aliphatic imine (C=N–C) groups is 1. The Kier molecular flexibility index (Phi) is 9.41. The second-order valence-corrected chi connectivity index (χ2v) is 5.26. The lowest BCUT2D eigenvalue weighted by Crippen LogP contribution is -2.48. The van der Waals surface area contributed by atoms with E-state index in [4.69, 9.17) is 4.74 Å². The quantitative estimate of drug-likeness (QED) is 0.301. The van der Waals surface area contributed by atoms with E-state index in [2.05, 4.69) is 32.7 Å². The summed E-state index contributed by atoms with van der Waals surface area (Å²) in [7, 11) is 3.91. The van der Waals surface area contributed by atoms with E-state index in [-0.39, 0.29) is 30.1 Å². The summed E-state index contributed by atoms with van der Waals surface area (Å²) in [5, 5.41) is 10.8. The van der Waals surface area contributed by atoms with Gasteiger partial charge in [0.05, 0.1) is 12.7 Å². The van der Waals surface area contributed by atoms with Gasteiger partial charge in [0.15, 0.2) is 5.96 Å². The van der Waals surface area contributed by atoms with Crippen molar-refractivity contribution in [3.05, 3.63) is 18.5 Å². The molecule has 1 aromatic rings. The van der Waals surface area contributed by atoms with Crippen molar-refractivity contribution < 1.29 is 4.74 Å². The SMILES string of the molecule is CN=C(NCCCn1cccn1)NCC1CN(C)CCO1.I. The van der Waals surface area contributed by atoms with Crippen LogP contribution in [0.15, 0.2) is 23.5 Å². The number of likely N-dealkylation sites (N-methyl/N-ethyl adjacent to an activating group) is 1. The number of halogens is 1. The number of aryl methyl sites for hydroxylation is 1. The van der Waals surface area contributed by atoms with Gasteiger partial charge in [-0.3, -0.25) is 9.67 Å². The van der Waals surface area contributed by atoms with Crippen molar-refractivity contribution in [2.75, 3.05) is 46.9 Å². The highest BCUT2D eigenvalue weighted by Gasteiger charge is 2.17. The van der Waals surface area contributed by atoms with Gasteiger partial charge in [0.2, 0.25) is 0 Å². The molecule has 1 atom stereocenters. The molecule has 2 heterocycles. The topological polar surface area (TPSA) is 66.7 Å². The zero-order valence-electron chi connectivity index (χ0n) is 13.4. The molecular weight excluding hydrogens is 395 g/mol. The third-order valence-corrected chi connectivity index (χ3v) is 3.48. The van der Waals surface area contributed by atoms with Crippen LogP contribution in [0.1, 0.15) is 6.42 Å². The number of rotatable bonds is 6. The molecule has 1 saturated heterocycles. The third kappa shape index (κ3) is 6.93. The lowest BCUT2D eigenvalue weighted by atomic mass is 10.3. The maximum Gasteiger partial charge on any atom is 0.191 e. The number of ether oxygens (including phenoxy) is 1. The molecule has 1 aliphatic heterocycles. The van der Waals surface area contributed by atoms with Crippen molar-refractivity contribution >= 4 is 29.9 Å². The molecule has 0 saturated carbocycles. The van der Waals surface area contributed by atoms with Crippen molar-refractivity contribution in [1.29, 1.82) is 0 Å². The fourth-order valence-corrected chi connectivity index (χ4v) is 2.30. The van der Waals surface area contributed by atoms with Crippen LogP contribution in [0.2, 0.25) is 0 Å². The van der Waals surface area contributed by atoms with Gasteiger partial charge in [0.1, 0.15) is 0 Å². The molecule has 1 aromatic heterocycles. The standard InChI is InChI=1S/C14H26N6O.HI/c1-15-14(16-5-3-7-20-8-4-6-18-20)17-11-13-12-19(2)9-10-21-13;/h4,6,8,13H,3,5,7,9-12H2,1-2H3,(H2,15,16,17);1H. The van der Waals surface area contributed by atoms with E-state index in [1.54, 1.807) is 13.2 Å². The van der Waals surface area contributed by atoms with Gasteiger partial charge in [-0.1, -0.05) is 0 Å². The molecule has 0 aromatic carbocycles. The van der Waals surface area contributed by atoms with Gasteiger partial charge >= 0.3 is 0 Å². The van der Waals surface area contributed by atoms with E-state index in [1.165, 1.54) is 0 Å². The average molecular weight is 422 g/mol. The molecule has 1 unspecified atom stereocenters. The highest BCUT2D eigenvalue weighted by molar-refractivity contribution is 14.0. The summed E-state index contributed by atoms with van der Waals surface area (Å²) < 4.78 is 7.65. The van der Waals surface area contributed by atoms with Crippen LogP contribution in [-0.4, -0.2) is 73.6 Å². The molecule has 8 heteroatoms. The summed E-state index contributed by atoms with van der Waals surface area (Å²) in [5.41, 5.74) is 0. The average Bonchev–Trinajstić information content (AvgIpc) is 3.00. The zero-order valence-corrected chi connectivity index (χ0v) is 15.7. The van der Waals surface area contributed by atoms with E-state index in [9.17, 15) is 0 Å². The van der Waals surface area contributed by atoms with Crippen molar-refractivity contribution in [2.24, 2.45) is 4.99 Å². The molecule has 1 aliphatic rings. The van der Waals surface area contributed by atoms with Crippen LogP contribution in [0.4, 0.5) is 0 Å². The summed E-state index contributed by atoms with van der Waals surface area (Å²) in [6.45, 7) is 5.33. The molecule has 0 radical (unpaired) electrons. The van der Waals surface area contributed by atoms with Crippen LogP contribution in [-0.2, 0) is 11.3 Å².